The zero-order valence-corrected chi connectivity index (χ0v) is 16.2. The zero-order valence-electron chi connectivity index (χ0n) is 16.2. The van der Waals surface area contributed by atoms with Crippen LogP contribution in [0.15, 0.2) is 48.5 Å². The van der Waals surface area contributed by atoms with Gasteiger partial charge in [-0.1, -0.05) is 30.3 Å². The molecule has 28 heavy (non-hydrogen) atoms. The number of ether oxygens (including phenoxy) is 2. The summed E-state index contributed by atoms with van der Waals surface area (Å²) >= 11 is 0. The van der Waals surface area contributed by atoms with E-state index in [1.54, 1.807) is 0 Å². The lowest BCUT2D eigenvalue weighted by molar-refractivity contribution is 0.0323. The highest BCUT2D eigenvalue weighted by Gasteiger charge is 2.13. The van der Waals surface area contributed by atoms with Crippen molar-refractivity contribution in [2.45, 2.75) is 13.5 Å². The summed E-state index contributed by atoms with van der Waals surface area (Å²) in [6.07, 6.45) is 0. The summed E-state index contributed by atoms with van der Waals surface area (Å²) in [5, 5.41) is 10.8. The minimum absolute atomic E-state index is 0.0229. The number of aliphatic hydroxyl groups is 1. The van der Waals surface area contributed by atoms with Gasteiger partial charge in [-0.05, 0) is 30.7 Å². The Balaban J connectivity index is 1.60. The molecular formula is C23H26N2O3. The molecule has 4 rings (SSSR count). The molecule has 2 aromatic carbocycles. The lowest BCUT2D eigenvalue weighted by Gasteiger charge is -2.26. The second kappa shape index (κ2) is 8.69. The van der Waals surface area contributed by atoms with Gasteiger partial charge in [-0.3, -0.25) is 4.90 Å². The van der Waals surface area contributed by atoms with Crippen molar-refractivity contribution in [3.05, 3.63) is 59.7 Å². The number of hydrogen-bond donors (Lipinski definition) is 1. The SMILES string of the molecule is Cc1cc(-c2ccccc2OCCN2CCOCC2)nc2c(CO)cccc12. The standard InChI is InChI=1S/C23H26N2O3/c1-17-15-21(24-23-18(16-26)5-4-7-19(17)23)20-6-2-3-8-22(20)28-14-11-25-9-12-27-13-10-25/h2-8,15,26H,9-14,16H2,1H3. The van der Waals surface area contributed by atoms with Crippen LogP contribution in [0, 0.1) is 6.92 Å². The van der Waals surface area contributed by atoms with Crippen LogP contribution in [0.1, 0.15) is 11.1 Å². The first-order valence-corrected chi connectivity index (χ1v) is 9.78. The summed E-state index contributed by atoms with van der Waals surface area (Å²) in [5.74, 6) is 0.837. The monoisotopic (exact) mass is 378 g/mol. The quantitative estimate of drug-likeness (QED) is 0.712. The molecule has 3 aromatic rings. The van der Waals surface area contributed by atoms with Crippen molar-refractivity contribution >= 4 is 10.9 Å². The van der Waals surface area contributed by atoms with Gasteiger partial charge in [0.1, 0.15) is 12.4 Å². The average molecular weight is 378 g/mol. The Morgan fingerprint density at radius 2 is 1.93 bits per heavy atom. The van der Waals surface area contributed by atoms with Crippen LogP contribution in [0.2, 0.25) is 0 Å². The lowest BCUT2D eigenvalue weighted by Crippen LogP contribution is -2.38. The molecule has 5 heteroatoms. The number of aromatic nitrogens is 1. The van der Waals surface area contributed by atoms with Crippen LogP contribution in [0.5, 0.6) is 5.75 Å². The van der Waals surface area contributed by atoms with Crippen LogP contribution in [-0.2, 0) is 11.3 Å². The number of rotatable bonds is 6. The number of aryl methyl sites for hydroxylation is 1. The van der Waals surface area contributed by atoms with E-state index in [2.05, 4.69) is 17.9 Å². The van der Waals surface area contributed by atoms with Crippen molar-refractivity contribution in [2.75, 3.05) is 39.5 Å². The smallest absolute Gasteiger partial charge is 0.128 e. The highest BCUT2D eigenvalue weighted by atomic mass is 16.5. The molecule has 146 valence electrons. The number of fused-ring (bicyclic) bond motifs is 1. The predicted octanol–water partition coefficient (Wildman–Crippen LogP) is 3.41. The van der Waals surface area contributed by atoms with Gasteiger partial charge in [-0.15, -0.1) is 0 Å². The maximum Gasteiger partial charge on any atom is 0.128 e. The number of morpholine rings is 1. The van der Waals surface area contributed by atoms with Crippen molar-refractivity contribution in [2.24, 2.45) is 0 Å². The van der Waals surface area contributed by atoms with E-state index in [0.717, 1.165) is 71.9 Å². The number of hydrogen-bond acceptors (Lipinski definition) is 5. The van der Waals surface area contributed by atoms with Gasteiger partial charge in [-0.2, -0.15) is 0 Å². The highest BCUT2D eigenvalue weighted by molar-refractivity contribution is 5.88. The number of pyridine rings is 1. The van der Waals surface area contributed by atoms with Crippen LogP contribution >= 0.6 is 0 Å². The van der Waals surface area contributed by atoms with Crippen molar-refractivity contribution in [3.8, 4) is 17.0 Å². The van der Waals surface area contributed by atoms with Gasteiger partial charge in [-0.25, -0.2) is 4.98 Å². The zero-order chi connectivity index (χ0) is 19.3. The first-order chi connectivity index (χ1) is 13.8. The third-order valence-corrected chi connectivity index (χ3v) is 5.23. The maximum absolute atomic E-state index is 9.70. The summed E-state index contributed by atoms with van der Waals surface area (Å²) in [7, 11) is 0. The molecule has 1 aliphatic heterocycles. The molecule has 1 fully saturated rings. The molecule has 0 radical (unpaired) electrons. The fraction of sp³-hybridized carbons (Fsp3) is 0.348. The maximum atomic E-state index is 9.70. The Labute approximate surface area is 165 Å². The Morgan fingerprint density at radius 3 is 2.75 bits per heavy atom. The number of para-hydroxylation sites is 2. The first kappa shape index (κ1) is 18.9. The van der Waals surface area contributed by atoms with Crippen LogP contribution in [0.25, 0.3) is 22.2 Å². The van der Waals surface area contributed by atoms with E-state index >= 15 is 0 Å². The molecule has 0 unspecified atom stereocenters. The van der Waals surface area contributed by atoms with E-state index in [1.807, 2.05) is 42.5 Å². The minimum Gasteiger partial charge on any atom is -0.492 e. The van der Waals surface area contributed by atoms with Crippen LogP contribution < -0.4 is 4.74 Å². The van der Waals surface area contributed by atoms with Gasteiger partial charge in [0.2, 0.25) is 0 Å². The summed E-state index contributed by atoms with van der Waals surface area (Å²) < 4.78 is 11.5. The topological polar surface area (TPSA) is 54.8 Å². The molecule has 0 bridgehead atoms. The molecule has 0 saturated carbocycles. The van der Waals surface area contributed by atoms with Gasteiger partial charge in [0.15, 0.2) is 0 Å². The Kier molecular flexibility index (Phi) is 5.86. The fourth-order valence-corrected chi connectivity index (χ4v) is 3.66. The third-order valence-electron chi connectivity index (χ3n) is 5.23. The third kappa shape index (κ3) is 4.02. The van der Waals surface area contributed by atoms with Gasteiger partial charge >= 0.3 is 0 Å². The van der Waals surface area contributed by atoms with E-state index in [4.69, 9.17) is 14.5 Å². The molecule has 1 N–H and O–H groups in total. The lowest BCUT2D eigenvalue weighted by atomic mass is 10.0. The van der Waals surface area contributed by atoms with Gasteiger partial charge in [0.05, 0.1) is 31.0 Å². The van der Waals surface area contributed by atoms with Gasteiger partial charge in [0.25, 0.3) is 0 Å². The number of aliphatic hydroxyl groups excluding tert-OH is 1. The van der Waals surface area contributed by atoms with E-state index in [9.17, 15) is 5.11 Å². The van der Waals surface area contributed by atoms with Crippen molar-refractivity contribution in [3.63, 3.8) is 0 Å². The Hall–Kier alpha value is -2.47. The molecule has 1 saturated heterocycles. The van der Waals surface area contributed by atoms with Crippen LogP contribution in [0.3, 0.4) is 0 Å². The normalized spacial score (nSPS) is 15.1. The van der Waals surface area contributed by atoms with E-state index in [1.165, 1.54) is 0 Å². The highest BCUT2D eigenvalue weighted by Crippen LogP contribution is 2.32. The first-order valence-electron chi connectivity index (χ1n) is 9.78. The molecule has 1 aliphatic rings. The van der Waals surface area contributed by atoms with Crippen LogP contribution in [-0.4, -0.2) is 54.4 Å². The molecule has 0 spiro atoms. The predicted molar refractivity (Wildman–Crippen MR) is 111 cm³/mol. The van der Waals surface area contributed by atoms with E-state index < -0.39 is 0 Å². The number of benzene rings is 2. The molecule has 1 aromatic heterocycles. The van der Waals surface area contributed by atoms with Gasteiger partial charge < -0.3 is 14.6 Å². The molecule has 0 atom stereocenters. The average Bonchev–Trinajstić information content (AvgIpc) is 2.74. The molecule has 0 aliphatic carbocycles. The number of nitrogens with zero attached hydrogens (tertiary/aromatic N) is 2. The Bertz CT molecular complexity index is 952. The fourth-order valence-electron chi connectivity index (χ4n) is 3.66. The summed E-state index contributed by atoms with van der Waals surface area (Å²) in [6, 6.07) is 16.0. The molecular weight excluding hydrogens is 352 g/mol. The summed E-state index contributed by atoms with van der Waals surface area (Å²) in [4.78, 5) is 7.23. The van der Waals surface area contributed by atoms with Crippen molar-refractivity contribution < 1.29 is 14.6 Å². The van der Waals surface area contributed by atoms with Gasteiger partial charge in [0, 0.05) is 36.1 Å². The molecule has 5 nitrogen and oxygen atoms in total. The largest absolute Gasteiger partial charge is 0.492 e. The second-order valence-corrected chi connectivity index (χ2v) is 7.09. The summed E-state index contributed by atoms with van der Waals surface area (Å²) in [5.41, 5.74) is 4.67. The minimum atomic E-state index is -0.0229. The van der Waals surface area contributed by atoms with Crippen molar-refractivity contribution in [1.29, 1.82) is 0 Å². The van der Waals surface area contributed by atoms with E-state index in [-0.39, 0.29) is 6.61 Å². The second-order valence-electron chi connectivity index (χ2n) is 7.09. The molecule has 2 heterocycles. The summed E-state index contributed by atoms with van der Waals surface area (Å²) in [6.45, 7) is 7.08. The van der Waals surface area contributed by atoms with Crippen molar-refractivity contribution in [1.82, 2.24) is 9.88 Å². The molecule has 0 amide bonds. The van der Waals surface area contributed by atoms with E-state index in [0.29, 0.717) is 6.61 Å². The Morgan fingerprint density at radius 1 is 1.11 bits per heavy atom. The van der Waals surface area contributed by atoms with Crippen LogP contribution in [0.4, 0.5) is 0 Å².